The highest BCUT2D eigenvalue weighted by atomic mass is 19.1. The van der Waals surface area contributed by atoms with Crippen molar-refractivity contribution in [2.24, 2.45) is 0 Å². The number of hydrogen-bond acceptors (Lipinski definition) is 6. The molecule has 0 aliphatic heterocycles. The van der Waals surface area contributed by atoms with Gasteiger partial charge in [0.2, 0.25) is 5.89 Å². The van der Waals surface area contributed by atoms with Crippen molar-refractivity contribution in [3.05, 3.63) is 90.2 Å². The van der Waals surface area contributed by atoms with Crippen LogP contribution in [-0.4, -0.2) is 25.9 Å². The molecule has 4 rings (SSSR count). The number of ether oxygens (including phenoxy) is 1. The van der Waals surface area contributed by atoms with Crippen LogP contribution >= 0.6 is 0 Å². The van der Waals surface area contributed by atoms with Gasteiger partial charge in [-0.15, -0.1) is 5.10 Å². The molecular weight excluding hydrogens is 413 g/mol. The third-order valence-electron chi connectivity index (χ3n) is 4.77. The second-order valence-corrected chi connectivity index (χ2v) is 7.12. The average molecular weight is 435 g/mol. The number of carbonyl (C=O) groups excluding carboxylic acids is 1. The predicted octanol–water partition coefficient (Wildman–Crippen LogP) is 4.26. The van der Waals surface area contributed by atoms with Crippen molar-refractivity contribution in [1.29, 1.82) is 0 Å². The zero-order chi connectivity index (χ0) is 22.2. The molecule has 1 amide bonds. The molecule has 0 unspecified atom stereocenters. The normalized spacial score (nSPS) is 10.8. The van der Waals surface area contributed by atoms with Crippen LogP contribution in [0.3, 0.4) is 0 Å². The topological polar surface area (TPSA) is 95.1 Å². The Hall–Kier alpha value is -4.01. The zero-order valence-electron chi connectivity index (χ0n) is 17.3. The summed E-state index contributed by atoms with van der Waals surface area (Å²) in [5.41, 5.74) is 1.35. The number of aromatic nitrogens is 4. The van der Waals surface area contributed by atoms with Gasteiger partial charge in [-0.25, -0.2) is 9.37 Å². The number of amides is 1. The summed E-state index contributed by atoms with van der Waals surface area (Å²) in [7, 11) is 0. The molecule has 164 valence electrons. The van der Waals surface area contributed by atoms with Gasteiger partial charge >= 0.3 is 0 Å². The Labute approximate surface area is 184 Å². The molecule has 2 aromatic heterocycles. The minimum absolute atomic E-state index is 0.0492. The van der Waals surface area contributed by atoms with Crippen LogP contribution in [0.4, 0.5) is 10.1 Å². The van der Waals surface area contributed by atoms with E-state index in [1.165, 1.54) is 24.0 Å². The first-order valence-corrected chi connectivity index (χ1v) is 10.2. The van der Waals surface area contributed by atoms with Crippen molar-refractivity contribution >= 4 is 11.6 Å². The number of nitrogens with zero attached hydrogens (tertiary/aromatic N) is 4. The molecule has 0 fully saturated rings. The van der Waals surface area contributed by atoms with Crippen LogP contribution in [0.1, 0.15) is 34.8 Å². The molecule has 0 aliphatic rings. The first-order chi connectivity index (χ1) is 15.7. The number of para-hydroxylation sites is 1. The number of carbonyl (C=O) groups is 1. The zero-order valence-corrected chi connectivity index (χ0v) is 17.3. The lowest BCUT2D eigenvalue weighted by molar-refractivity contribution is 0.102. The third kappa shape index (κ3) is 5.78. The molecule has 4 aromatic rings. The fourth-order valence-corrected chi connectivity index (χ4v) is 3.08. The maximum absolute atomic E-state index is 13.7. The standard InChI is InChI=1S/C23H22FN5O3/c24-19-6-1-2-7-20(19)27-23(30)21-15-32-22(26-21)16-31-18-10-8-17(9-11-18)5-3-4-13-29-14-12-25-28-29/h1-2,6-12,14-15H,3-5,13,16H2,(H,27,30). The fourth-order valence-electron chi connectivity index (χ4n) is 3.08. The molecule has 8 nitrogen and oxygen atoms in total. The van der Waals surface area contributed by atoms with Gasteiger partial charge in [0.15, 0.2) is 12.3 Å². The van der Waals surface area contributed by atoms with E-state index in [4.69, 9.17) is 9.15 Å². The summed E-state index contributed by atoms with van der Waals surface area (Å²) in [5, 5.41) is 10.2. The predicted molar refractivity (Wildman–Crippen MR) is 115 cm³/mol. The molecule has 9 heteroatoms. The Balaban J connectivity index is 1.22. The first kappa shape index (κ1) is 21.2. The number of nitrogens with one attached hydrogen (secondary N) is 1. The fraction of sp³-hybridized carbons (Fsp3) is 0.217. The van der Waals surface area contributed by atoms with Gasteiger partial charge in [0.1, 0.15) is 17.8 Å². The second kappa shape index (κ2) is 10.3. The van der Waals surface area contributed by atoms with Crippen LogP contribution in [0.5, 0.6) is 5.75 Å². The molecule has 0 spiro atoms. The van der Waals surface area contributed by atoms with E-state index < -0.39 is 11.7 Å². The first-order valence-electron chi connectivity index (χ1n) is 10.2. The summed E-state index contributed by atoms with van der Waals surface area (Å²) in [6, 6.07) is 13.7. The number of halogens is 1. The van der Waals surface area contributed by atoms with Gasteiger partial charge in [0, 0.05) is 12.7 Å². The summed E-state index contributed by atoms with van der Waals surface area (Å²) in [6.07, 6.45) is 7.80. The quantitative estimate of drug-likeness (QED) is 0.374. The van der Waals surface area contributed by atoms with E-state index in [0.29, 0.717) is 5.75 Å². The Kier molecular flexibility index (Phi) is 6.86. The van der Waals surface area contributed by atoms with Gasteiger partial charge in [0.05, 0.1) is 11.9 Å². The molecule has 0 radical (unpaired) electrons. The summed E-state index contributed by atoms with van der Waals surface area (Å²) in [6.45, 7) is 0.932. The largest absolute Gasteiger partial charge is 0.484 e. The van der Waals surface area contributed by atoms with Crippen LogP contribution < -0.4 is 10.1 Å². The number of oxazole rings is 1. The maximum atomic E-state index is 13.7. The molecule has 1 N–H and O–H groups in total. The molecule has 32 heavy (non-hydrogen) atoms. The number of rotatable bonds is 10. The minimum Gasteiger partial charge on any atom is -0.484 e. The maximum Gasteiger partial charge on any atom is 0.277 e. The van der Waals surface area contributed by atoms with Crippen LogP contribution in [0, 0.1) is 5.82 Å². The molecular formula is C23H22FN5O3. The van der Waals surface area contributed by atoms with Crippen molar-refractivity contribution in [1.82, 2.24) is 20.0 Å². The van der Waals surface area contributed by atoms with Crippen LogP contribution in [0.15, 0.2) is 71.6 Å². The van der Waals surface area contributed by atoms with E-state index in [9.17, 15) is 9.18 Å². The third-order valence-corrected chi connectivity index (χ3v) is 4.77. The van der Waals surface area contributed by atoms with E-state index >= 15 is 0 Å². The Morgan fingerprint density at radius 2 is 1.97 bits per heavy atom. The molecule has 0 saturated heterocycles. The van der Waals surface area contributed by atoms with Gasteiger partial charge in [-0.05, 0) is 49.1 Å². The highest BCUT2D eigenvalue weighted by Crippen LogP contribution is 2.17. The molecule has 2 aromatic carbocycles. The summed E-state index contributed by atoms with van der Waals surface area (Å²) in [5.74, 6) is -0.155. The lowest BCUT2D eigenvalue weighted by Gasteiger charge is -2.06. The van der Waals surface area contributed by atoms with Crippen molar-refractivity contribution < 1.29 is 18.3 Å². The van der Waals surface area contributed by atoms with E-state index in [2.05, 4.69) is 20.6 Å². The summed E-state index contributed by atoms with van der Waals surface area (Å²) in [4.78, 5) is 16.3. The van der Waals surface area contributed by atoms with Gasteiger partial charge in [-0.3, -0.25) is 9.48 Å². The summed E-state index contributed by atoms with van der Waals surface area (Å²) >= 11 is 0. The second-order valence-electron chi connectivity index (χ2n) is 7.12. The smallest absolute Gasteiger partial charge is 0.277 e. The lowest BCUT2D eigenvalue weighted by Crippen LogP contribution is -2.13. The van der Waals surface area contributed by atoms with Crippen LogP contribution in [0.25, 0.3) is 0 Å². The lowest BCUT2D eigenvalue weighted by atomic mass is 10.1. The van der Waals surface area contributed by atoms with Gasteiger partial charge < -0.3 is 14.5 Å². The van der Waals surface area contributed by atoms with E-state index in [-0.39, 0.29) is 23.9 Å². The van der Waals surface area contributed by atoms with Crippen molar-refractivity contribution in [3.63, 3.8) is 0 Å². The number of benzene rings is 2. The number of anilines is 1. The highest BCUT2D eigenvalue weighted by molar-refractivity contribution is 6.02. The van der Waals surface area contributed by atoms with E-state index in [1.807, 2.05) is 35.1 Å². The molecule has 0 saturated carbocycles. The highest BCUT2D eigenvalue weighted by Gasteiger charge is 2.14. The Morgan fingerprint density at radius 3 is 2.75 bits per heavy atom. The average Bonchev–Trinajstić information content (AvgIpc) is 3.50. The monoisotopic (exact) mass is 435 g/mol. The number of hydrogen-bond donors (Lipinski definition) is 1. The minimum atomic E-state index is -0.557. The molecule has 0 bridgehead atoms. The molecule has 0 atom stereocenters. The number of unbranched alkanes of at least 4 members (excludes halogenated alkanes) is 1. The van der Waals surface area contributed by atoms with Gasteiger partial charge in [-0.2, -0.15) is 0 Å². The van der Waals surface area contributed by atoms with Gasteiger partial charge in [-0.1, -0.05) is 29.5 Å². The number of aryl methyl sites for hydroxylation is 2. The summed E-state index contributed by atoms with van der Waals surface area (Å²) < 4.78 is 26.5. The molecule has 2 heterocycles. The van der Waals surface area contributed by atoms with Crippen molar-refractivity contribution in [3.8, 4) is 5.75 Å². The van der Waals surface area contributed by atoms with Crippen molar-refractivity contribution in [2.45, 2.75) is 32.4 Å². The van der Waals surface area contributed by atoms with E-state index in [1.54, 1.807) is 18.3 Å². The van der Waals surface area contributed by atoms with Crippen molar-refractivity contribution in [2.75, 3.05) is 5.32 Å². The van der Waals surface area contributed by atoms with E-state index in [0.717, 1.165) is 25.8 Å². The SMILES string of the molecule is O=C(Nc1ccccc1F)c1coc(COc2ccc(CCCCn3ccnn3)cc2)n1. The Morgan fingerprint density at radius 1 is 1.12 bits per heavy atom. The van der Waals surface area contributed by atoms with Crippen LogP contribution in [0.2, 0.25) is 0 Å². The molecule has 0 aliphatic carbocycles. The van der Waals surface area contributed by atoms with Gasteiger partial charge in [0.25, 0.3) is 5.91 Å². The Bertz CT molecular complexity index is 1140. The van der Waals surface area contributed by atoms with Crippen LogP contribution in [-0.2, 0) is 19.6 Å².